The molecule has 124 valence electrons. The highest BCUT2D eigenvalue weighted by Gasteiger charge is 2.31. The highest BCUT2D eigenvalue weighted by molar-refractivity contribution is 7.87. The van der Waals surface area contributed by atoms with Gasteiger partial charge in [-0.25, -0.2) is 0 Å². The SMILES string of the molecule is CC(C)NCC1CCCN(S(=O)(=O)NC(C)CC2CC2)C1. The average Bonchev–Trinajstić information content (AvgIpc) is 3.20. The van der Waals surface area contributed by atoms with Crippen LogP contribution < -0.4 is 10.0 Å². The smallest absolute Gasteiger partial charge is 0.279 e. The van der Waals surface area contributed by atoms with E-state index in [0.717, 1.165) is 31.7 Å². The molecule has 6 heteroatoms. The maximum Gasteiger partial charge on any atom is 0.279 e. The van der Waals surface area contributed by atoms with E-state index in [0.29, 0.717) is 25.0 Å². The van der Waals surface area contributed by atoms with Gasteiger partial charge in [0.1, 0.15) is 0 Å². The maximum atomic E-state index is 12.5. The van der Waals surface area contributed by atoms with E-state index in [-0.39, 0.29) is 6.04 Å². The minimum Gasteiger partial charge on any atom is -0.314 e. The Kier molecular flexibility index (Phi) is 6.05. The Hall–Kier alpha value is -0.170. The second kappa shape index (κ2) is 7.40. The van der Waals surface area contributed by atoms with Crippen LogP contribution in [0.15, 0.2) is 0 Å². The molecule has 21 heavy (non-hydrogen) atoms. The van der Waals surface area contributed by atoms with Crippen LogP contribution in [0.1, 0.15) is 52.9 Å². The lowest BCUT2D eigenvalue weighted by molar-refractivity contribution is 0.253. The molecule has 0 aromatic rings. The predicted octanol–water partition coefficient (Wildman–Crippen LogP) is 1.72. The molecule has 0 aromatic heterocycles. The number of nitrogens with one attached hydrogen (secondary N) is 2. The monoisotopic (exact) mass is 317 g/mol. The second-order valence-electron chi connectivity index (χ2n) is 7.13. The number of hydrogen-bond acceptors (Lipinski definition) is 3. The summed E-state index contributed by atoms with van der Waals surface area (Å²) in [6.07, 6.45) is 5.58. The zero-order chi connectivity index (χ0) is 15.5. The van der Waals surface area contributed by atoms with Crippen LogP contribution in [-0.2, 0) is 10.2 Å². The van der Waals surface area contributed by atoms with E-state index >= 15 is 0 Å². The lowest BCUT2D eigenvalue weighted by Crippen LogP contribution is -2.50. The lowest BCUT2D eigenvalue weighted by Gasteiger charge is -2.33. The van der Waals surface area contributed by atoms with Crippen molar-refractivity contribution in [1.82, 2.24) is 14.3 Å². The van der Waals surface area contributed by atoms with Crippen molar-refractivity contribution in [1.29, 1.82) is 0 Å². The quantitative estimate of drug-likeness (QED) is 0.716. The van der Waals surface area contributed by atoms with Gasteiger partial charge in [0.05, 0.1) is 0 Å². The number of nitrogens with zero attached hydrogens (tertiary/aromatic N) is 1. The molecule has 5 nitrogen and oxygen atoms in total. The number of hydrogen-bond donors (Lipinski definition) is 2. The van der Waals surface area contributed by atoms with Crippen molar-refractivity contribution in [3.05, 3.63) is 0 Å². The summed E-state index contributed by atoms with van der Waals surface area (Å²) in [7, 11) is -3.32. The van der Waals surface area contributed by atoms with Gasteiger partial charge in [0.2, 0.25) is 0 Å². The lowest BCUT2D eigenvalue weighted by atomic mass is 9.99. The Morgan fingerprint density at radius 2 is 1.86 bits per heavy atom. The highest BCUT2D eigenvalue weighted by Crippen LogP contribution is 2.33. The summed E-state index contributed by atoms with van der Waals surface area (Å²) in [6.45, 7) is 8.44. The van der Waals surface area contributed by atoms with Crippen LogP contribution in [0.3, 0.4) is 0 Å². The summed E-state index contributed by atoms with van der Waals surface area (Å²) < 4.78 is 29.5. The summed E-state index contributed by atoms with van der Waals surface area (Å²) in [5.74, 6) is 1.17. The topological polar surface area (TPSA) is 61.4 Å². The fraction of sp³-hybridized carbons (Fsp3) is 1.00. The minimum absolute atomic E-state index is 0.0525. The van der Waals surface area contributed by atoms with Gasteiger partial charge in [0.25, 0.3) is 10.2 Å². The van der Waals surface area contributed by atoms with Crippen LogP contribution in [0, 0.1) is 11.8 Å². The Bertz CT molecular complexity index is 421. The molecule has 0 amide bonds. The summed E-state index contributed by atoms with van der Waals surface area (Å²) >= 11 is 0. The summed E-state index contributed by atoms with van der Waals surface area (Å²) in [5, 5.41) is 3.42. The third-order valence-electron chi connectivity index (χ3n) is 4.37. The zero-order valence-corrected chi connectivity index (χ0v) is 14.5. The third-order valence-corrected chi connectivity index (χ3v) is 6.08. The molecule has 2 rings (SSSR count). The van der Waals surface area contributed by atoms with E-state index in [4.69, 9.17) is 0 Å². The van der Waals surface area contributed by atoms with E-state index in [2.05, 4.69) is 23.9 Å². The maximum absolute atomic E-state index is 12.5. The highest BCUT2D eigenvalue weighted by atomic mass is 32.2. The largest absolute Gasteiger partial charge is 0.314 e. The van der Waals surface area contributed by atoms with Gasteiger partial charge in [-0.3, -0.25) is 0 Å². The van der Waals surface area contributed by atoms with Gasteiger partial charge in [-0.2, -0.15) is 17.4 Å². The van der Waals surface area contributed by atoms with Crippen LogP contribution >= 0.6 is 0 Å². The van der Waals surface area contributed by atoms with E-state index in [1.165, 1.54) is 12.8 Å². The van der Waals surface area contributed by atoms with Gasteiger partial charge in [-0.1, -0.05) is 26.7 Å². The fourth-order valence-electron chi connectivity index (χ4n) is 3.04. The van der Waals surface area contributed by atoms with Crippen molar-refractivity contribution in [3.63, 3.8) is 0 Å². The molecule has 2 aliphatic rings. The van der Waals surface area contributed by atoms with Crippen molar-refractivity contribution >= 4 is 10.2 Å². The van der Waals surface area contributed by atoms with Gasteiger partial charge in [-0.15, -0.1) is 0 Å². The zero-order valence-electron chi connectivity index (χ0n) is 13.6. The minimum atomic E-state index is -3.32. The van der Waals surface area contributed by atoms with Crippen molar-refractivity contribution in [2.45, 2.75) is 65.0 Å². The summed E-state index contributed by atoms with van der Waals surface area (Å²) in [4.78, 5) is 0. The van der Waals surface area contributed by atoms with Gasteiger partial charge in [0, 0.05) is 25.2 Å². The molecule has 0 aromatic carbocycles. The Morgan fingerprint density at radius 1 is 1.14 bits per heavy atom. The first kappa shape index (κ1) is 17.2. The summed E-state index contributed by atoms with van der Waals surface area (Å²) in [5.41, 5.74) is 0. The number of rotatable bonds is 8. The third kappa shape index (κ3) is 5.85. The van der Waals surface area contributed by atoms with Gasteiger partial charge < -0.3 is 5.32 Å². The van der Waals surface area contributed by atoms with E-state index in [1.54, 1.807) is 4.31 Å². The molecular formula is C15H31N3O2S. The Morgan fingerprint density at radius 3 is 2.48 bits per heavy atom. The standard InChI is InChI=1S/C15H31N3O2S/c1-12(2)16-10-15-5-4-8-18(11-15)21(19,20)17-13(3)9-14-6-7-14/h12-17H,4-11H2,1-3H3. The molecule has 0 spiro atoms. The van der Waals surface area contributed by atoms with Crippen LogP contribution in [0.4, 0.5) is 0 Å². The van der Waals surface area contributed by atoms with Crippen LogP contribution in [0.2, 0.25) is 0 Å². The molecule has 2 unspecified atom stereocenters. The first-order chi connectivity index (χ1) is 9.87. The van der Waals surface area contributed by atoms with Gasteiger partial charge >= 0.3 is 0 Å². The number of piperidine rings is 1. The van der Waals surface area contributed by atoms with E-state index in [9.17, 15) is 8.42 Å². The average molecular weight is 317 g/mol. The van der Waals surface area contributed by atoms with E-state index in [1.807, 2.05) is 6.92 Å². The molecule has 0 radical (unpaired) electrons. The molecule has 1 aliphatic carbocycles. The predicted molar refractivity (Wildman–Crippen MR) is 86.3 cm³/mol. The molecule has 1 heterocycles. The van der Waals surface area contributed by atoms with Crippen molar-refractivity contribution in [2.24, 2.45) is 11.8 Å². The summed E-state index contributed by atoms with van der Waals surface area (Å²) in [6, 6.07) is 0.505. The first-order valence-corrected chi connectivity index (χ1v) is 9.81. The van der Waals surface area contributed by atoms with Crippen LogP contribution in [0.25, 0.3) is 0 Å². The van der Waals surface area contributed by atoms with Crippen molar-refractivity contribution < 1.29 is 8.42 Å². The first-order valence-electron chi connectivity index (χ1n) is 8.37. The van der Waals surface area contributed by atoms with Crippen LogP contribution in [-0.4, -0.2) is 44.4 Å². The second-order valence-corrected chi connectivity index (χ2v) is 8.83. The molecule has 1 saturated heterocycles. The Balaban J connectivity index is 1.82. The molecule has 2 fully saturated rings. The molecule has 2 N–H and O–H groups in total. The van der Waals surface area contributed by atoms with Gasteiger partial charge in [0.15, 0.2) is 0 Å². The molecular weight excluding hydrogens is 286 g/mol. The van der Waals surface area contributed by atoms with Crippen molar-refractivity contribution in [2.75, 3.05) is 19.6 Å². The van der Waals surface area contributed by atoms with Crippen LogP contribution in [0.5, 0.6) is 0 Å². The Labute approximate surface area is 130 Å². The van der Waals surface area contributed by atoms with E-state index < -0.39 is 10.2 Å². The van der Waals surface area contributed by atoms with Crippen molar-refractivity contribution in [3.8, 4) is 0 Å². The molecule has 1 aliphatic heterocycles. The van der Waals surface area contributed by atoms with Gasteiger partial charge in [-0.05, 0) is 44.6 Å². The molecule has 2 atom stereocenters. The normalized spacial score (nSPS) is 26.2. The fourth-order valence-corrected chi connectivity index (χ4v) is 4.57. The molecule has 0 bridgehead atoms. The molecule has 1 saturated carbocycles.